The van der Waals surface area contributed by atoms with E-state index < -0.39 is 10.0 Å². The van der Waals surface area contributed by atoms with Gasteiger partial charge in [0, 0.05) is 25.3 Å². The van der Waals surface area contributed by atoms with Crippen molar-refractivity contribution in [1.82, 2.24) is 14.6 Å². The number of amides is 1. The van der Waals surface area contributed by atoms with Crippen LogP contribution in [-0.4, -0.2) is 49.6 Å². The molecule has 0 bridgehead atoms. The van der Waals surface area contributed by atoms with Crippen molar-refractivity contribution >= 4 is 15.9 Å². The van der Waals surface area contributed by atoms with Crippen LogP contribution >= 0.6 is 0 Å². The van der Waals surface area contributed by atoms with Crippen LogP contribution in [0.4, 0.5) is 0 Å². The lowest BCUT2D eigenvalue weighted by Crippen LogP contribution is -2.41. The van der Waals surface area contributed by atoms with Gasteiger partial charge in [0.05, 0.1) is 6.26 Å². The first-order valence-electron chi connectivity index (χ1n) is 6.68. The summed E-state index contributed by atoms with van der Waals surface area (Å²) in [5.74, 6) is 0.345. The monoisotopic (exact) mass is 299 g/mol. The van der Waals surface area contributed by atoms with Gasteiger partial charge in [0.1, 0.15) is 5.69 Å². The molecule has 2 N–H and O–H groups in total. The minimum absolute atomic E-state index is 0.0848. The summed E-state index contributed by atoms with van der Waals surface area (Å²) in [5.41, 5.74) is 0.535. The zero-order valence-electron chi connectivity index (χ0n) is 12.0. The summed E-state index contributed by atoms with van der Waals surface area (Å²) in [6.45, 7) is 5.07. The summed E-state index contributed by atoms with van der Waals surface area (Å²) < 4.78 is 25.5. The summed E-state index contributed by atoms with van der Waals surface area (Å²) in [6, 6.07) is 3.28. The maximum atomic E-state index is 12.3. The number of carbonyl (C=O) groups is 1. The highest BCUT2D eigenvalue weighted by Gasteiger charge is 2.38. The van der Waals surface area contributed by atoms with E-state index in [0.29, 0.717) is 24.7 Å². The number of H-pyrrole nitrogens is 1. The first-order chi connectivity index (χ1) is 9.28. The fourth-order valence-electron chi connectivity index (χ4n) is 2.70. The first kappa shape index (κ1) is 15.1. The van der Waals surface area contributed by atoms with Gasteiger partial charge < -0.3 is 9.88 Å². The zero-order chi connectivity index (χ0) is 14.9. The molecule has 2 heterocycles. The minimum atomic E-state index is -3.27. The van der Waals surface area contributed by atoms with E-state index in [4.69, 9.17) is 0 Å². The second-order valence-corrected chi connectivity index (χ2v) is 7.48. The van der Waals surface area contributed by atoms with Crippen molar-refractivity contribution < 1.29 is 13.2 Å². The predicted molar refractivity (Wildman–Crippen MR) is 76.8 cm³/mol. The van der Waals surface area contributed by atoms with E-state index in [1.165, 1.54) is 0 Å². The Hall–Kier alpha value is -1.34. The van der Waals surface area contributed by atoms with Gasteiger partial charge in [-0.1, -0.05) is 13.8 Å². The van der Waals surface area contributed by atoms with E-state index in [-0.39, 0.29) is 17.9 Å². The molecule has 0 unspecified atom stereocenters. The summed E-state index contributed by atoms with van der Waals surface area (Å²) in [5, 5.41) is 0. The van der Waals surface area contributed by atoms with Gasteiger partial charge in [-0.15, -0.1) is 0 Å². The third-order valence-corrected chi connectivity index (χ3v) is 4.43. The second kappa shape index (κ2) is 5.57. The van der Waals surface area contributed by atoms with E-state index in [1.54, 1.807) is 23.2 Å². The molecule has 0 aliphatic carbocycles. The van der Waals surface area contributed by atoms with Crippen LogP contribution < -0.4 is 4.72 Å². The molecule has 0 saturated carbocycles. The van der Waals surface area contributed by atoms with E-state index in [1.807, 2.05) is 13.8 Å². The molecule has 1 fully saturated rings. The number of likely N-dealkylation sites (tertiary alicyclic amines) is 1. The smallest absolute Gasteiger partial charge is 0.270 e. The van der Waals surface area contributed by atoms with Gasteiger partial charge in [-0.2, -0.15) is 0 Å². The summed E-state index contributed by atoms with van der Waals surface area (Å²) in [4.78, 5) is 16.9. The Labute approximate surface area is 119 Å². The lowest BCUT2D eigenvalue weighted by atomic mass is 9.92. The molecule has 1 aromatic heterocycles. The largest absolute Gasteiger partial charge is 0.357 e. The van der Waals surface area contributed by atoms with Crippen LogP contribution in [0.1, 0.15) is 24.3 Å². The summed E-state index contributed by atoms with van der Waals surface area (Å²) >= 11 is 0. The van der Waals surface area contributed by atoms with Crippen molar-refractivity contribution in [3.05, 3.63) is 24.0 Å². The molecule has 1 aromatic rings. The molecule has 0 radical (unpaired) electrons. The maximum Gasteiger partial charge on any atom is 0.270 e. The highest BCUT2D eigenvalue weighted by molar-refractivity contribution is 7.88. The number of hydrogen-bond donors (Lipinski definition) is 2. The second-order valence-electron chi connectivity index (χ2n) is 5.70. The average Bonchev–Trinajstić information content (AvgIpc) is 2.93. The lowest BCUT2D eigenvalue weighted by molar-refractivity contribution is 0.0778. The Morgan fingerprint density at radius 2 is 2.15 bits per heavy atom. The van der Waals surface area contributed by atoms with Crippen LogP contribution in [-0.2, 0) is 10.0 Å². The van der Waals surface area contributed by atoms with E-state index in [2.05, 4.69) is 9.71 Å². The third-order valence-electron chi connectivity index (χ3n) is 3.70. The van der Waals surface area contributed by atoms with Crippen LogP contribution in [0.5, 0.6) is 0 Å². The number of rotatable bonds is 4. The molecule has 7 heteroatoms. The number of aromatic amines is 1. The van der Waals surface area contributed by atoms with Crippen molar-refractivity contribution in [2.24, 2.45) is 11.8 Å². The molecule has 2 rings (SSSR count). The van der Waals surface area contributed by atoms with Crippen molar-refractivity contribution in [3.8, 4) is 0 Å². The predicted octanol–water partition coefficient (Wildman–Crippen LogP) is 0.661. The highest BCUT2D eigenvalue weighted by atomic mass is 32.2. The van der Waals surface area contributed by atoms with Crippen LogP contribution in [0.25, 0.3) is 0 Å². The van der Waals surface area contributed by atoms with Crippen molar-refractivity contribution in [2.75, 3.05) is 19.3 Å². The Kier molecular flexibility index (Phi) is 4.19. The van der Waals surface area contributed by atoms with Gasteiger partial charge in [-0.05, 0) is 24.0 Å². The number of nitrogens with one attached hydrogen (secondary N) is 2. The van der Waals surface area contributed by atoms with Crippen LogP contribution in [0, 0.1) is 11.8 Å². The first-order valence-corrected chi connectivity index (χ1v) is 8.57. The van der Waals surface area contributed by atoms with E-state index in [0.717, 1.165) is 6.26 Å². The maximum absolute atomic E-state index is 12.3. The SMILES string of the molecule is CC(C)[C@@H]1CN(C(=O)c2ccc[nH]2)C[C@H]1NS(C)(=O)=O. The fourth-order valence-corrected chi connectivity index (χ4v) is 3.50. The molecule has 6 nitrogen and oxygen atoms in total. The molecular formula is C13H21N3O3S. The summed E-state index contributed by atoms with van der Waals surface area (Å²) in [6.07, 6.45) is 2.86. The zero-order valence-corrected chi connectivity index (χ0v) is 12.8. The molecule has 2 atom stereocenters. The Morgan fingerprint density at radius 3 is 2.65 bits per heavy atom. The van der Waals surface area contributed by atoms with Gasteiger partial charge in [-0.3, -0.25) is 4.79 Å². The minimum Gasteiger partial charge on any atom is -0.357 e. The molecule has 0 aromatic carbocycles. The molecule has 1 saturated heterocycles. The number of sulfonamides is 1. The van der Waals surface area contributed by atoms with Crippen LogP contribution in [0.3, 0.4) is 0 Å². The molecule has 112 valence electrons. The molecule has 1 aliphatic heterocycles. The molecule has 1 aliphatic rings. The third kappa shape index (κ3) is 3.40. The van der Waals surface area contributed by atoms with Crippen LogP contribution in [0.15, 0.2) is 18.3 Å². The Balaban J connectivity index is 2.13. The van der Waals surface area contributed by atoms with E-state index >= 15 is 0 Å². The normalized spacial score (nSPS) is 23.5. The van der Waals surface area contributed by atoms with Gasteiger partial charge in [-0.25, -0.2) is 13.1 Å². The fraction of sp³-hybridized carbons (Fsp3) is 0.615. The molecule has 20 heavy (non-hydrogen) atoms. The van der Waals surface area contributed by atoms with Gasteiger partial charge in [0.2, 0.25) is 10.0 Å². The van der Waals surface area contributed by atoms with Gasteiger partial charge in [0.25, 0.3) is 5.91 Å². The van der Waals surface area contributed by atoms with Crippen molar-refractivity contribution in [2.45, 2.75) is 19.9 Å². The standard InChI is InChI=1S/C13H21N3O3S/c1-9(2)10-7-16(8-12(10)15-20(3,18)19)13(17)11-5-4-6-14-11/h4-6,9-10,12,14-15H,7-8H2,1-3H3/t10-,12+/m0/s1. The Bertz CT molecular complexity index is 566. The van der Waals surface area contributed by atoms with E-state index in [9.17, 15) is 13.2 Å². The topological polar surface area (TPSA) is 82.3 Å². The number of nitrogens with zero attached hydrogens (tertiary/aromatic N) is 1. The quantitative estimate of drug-likeness (QED) is 0.857. The van der Waals surface area contributed by atoms with Gasteiger partial charge in [0.15, 0.2) is 0 Å². The molecular weight excluding hydrogens is 278 g/mol. The Morgan fingerprint density at radius 1 is 1.45 bits per heavy atom. The number of carbonyl (C=O) groups excluding carboxylic acids is 1. The number of aromatic nitrogens is 1. The number of hydrogen-bond acceptors (Lipinski definition) is 3. The average molecular weight is 299 g/mol. The van der Waals surface area contributed by atoms with Crippen LogP contribution in [0.2, 0.25) is 0 Å². The molecule has 0 spiro atoms. The van der Waals surface area contributed by atoms with Crippen molar-refractivity contribution in [1.29, 1.82) is 0 Å². The lowest BCUT2D eigenvalue weighted by Gasteiger charge is -2.21. The molecule has 1 amide bonds. The van der Waals surface area contributed by atoms with Gasteiger partial charge >= 0.3 is 0 Å². The van der Waals surface area contributed by atoms with Crippen molar-refractivity contribution in [3.63, 3.8) is 0 Å². The summed E-state index contributed by atoms with van der Waals surface area (Å²) in [7, 11) is -3.27. The highest BCUT2D eigenvalue weighted by Crippen LogP contribution is 2.26.